The fraction of sp³-hybridized carbons (Fsp3) is 0.480. The number of nitrogens with zero attached hydrogens (tertiary/aromatic N) is 2. The molecule has 5 nitrogen and oxygen atoms in total. The highest BCUT2D eigenvalue weighted by Gasteiger charge is 2.31. The lowest BCUT2D eigenvalue weighted by Crippen LogP contribution is -2.51. The van der Waals surface area contributed by atoms with Gasteiger partial charge in [0.25, 0.3) is 0 Å². The Morgan fingerprint density at radius 3 is 2.07 bits per heavy atom. The minimum atomic E-state index is -0.376. The number of β-amino-alcohol motifs (C(OH)–C–C–N with tert-alkyl or cyclic N) is 1. The predicted octanol–water partition coefficient (Wildman–Crippen LogP) is 3.96. The van der Waals surface area contributed by atoms with Crippen LogP contribution in [-0.4, -0.2) is 66.4 Å². The van der Waals surface area contributed by atoms with E-state index in [2.05, 4.69) is 41.3 Å². The van der Waals surface area contributed by atoms with E-state index in [4.69, 9.17) is 4.74 Å². The molecule has 1 aliphatic carbocycles. The molecule has 160 valence electrons. The van der Waals surface area contributed by atoms with Crippen LogP contribution in [0.4, 0.5) is 4.79 Å². The number of piperazine rings is 1. The van der Waals surface area contributed by atoms with Crippen molar-refractivity contribution in [2.24, 2.45) is 5.41 Å². The average Bonchev–Trinajstić information content (AvgIpc) is 3.06. The van der Waals surface area contributed by atoms with Crippen LogP contribution >= 0.6 is 0 Å². The summed E-state index contributed by atoms with van der Waals surface area (Å²) in [5, 5.41) is 10.3. The topological polar surface area (TPSA) is 53.0 Å². The van der Waals surface area contributed by atoms with Crippen LogP contribution in [0.2, 0.25) is 0 Å². The second-order valence-corrected chi connectivity index (χ2v) is 9.47. The number of carbonyl (C=O) groups is 1. The Hall–Kier alpha value is -2.37. The summed E-state index contributed by atoms with van der Waals surface area (Å²) in [7, 11) is 0. The fourth-order valence-corrected chi connectivity index (χ4v) is 4.32. The van der Waals surface area contributed by atoms with Crippen molar-refractivity contribution in [2.45, 2.75) is 32.8 Å². The fourth-order valence-electron chi connectivity index (χ4n) is 4.32. The monoisotopic (exact) mass is 408 g/mol. The molecule has 1 aliphatic heterocycles. The Labute approximate surface area is 179 Å². The molecule has 1 atom stereocenters. The van der Waals surface area contributed by atoms with Crippen molar-refractivity contribution >= 4 is 6.09 Å². The molecule has 1 heterocycles. The second-order valence-electron chi connectivity index (χ2n) is 9.47. The number of rotatable bonds is 4. The third-order valence-electron chi connectivity index (χ3n) is 6.40. The van der Waals surface area contributed by atoms with Gasteiger partial charge in [0.15, 0.2) is 0 Å². The molecule has 2 aromatic rings. The summed E-state index contributed by atoms with van der Waals surface area (Å²) in [6.45, 7) is 9.92. The number of amides is 1. The lowest BCUT2D eigenvalue weighted by molar-refractivity contribution is 0.0119. The zero-order valence-corrected chi connectivity index (χ0v) is 18.2. The minimum absolute atomic E-state index is 0.0876. The Morgan fingerprint density at radius 2 is 1.53 bits per heavy atom. The van der Waals surface area contributed by atoms with Crippen LogP contribution in [0.5, 0.6) is 0 Å². The SMILES string of the molecule is CC(C)(C)C(O)CN1CCN(C(=O)OCC2c3ccccc3-c3ccccc32)CC1. The molecule has 2 aromatic carbocycles. The minimum Gasteiger partial charge on any atom is -0.448 e. The highest BCUT2D eigenvalue weighted by atomic mass is 16.6. The maximum Gasteiger partial charge on any atom is 0.409 e. The molecule has 2 aliphatic rings. The normalized spacial score (nSPS) is 18.1. The number of carbonyl (C=O) groups excluding carboxylic acids is 1. The maximum absolute atomic E-state index is 12.7. The van der Waals surface area contributed by atoms with Crippen LogP contribution in [-0.2, 0) is 4.74 Å². The van der Waals surface area contributed by atoms with Gasteiger partial charge in [0, 0.05) is 38.6 Å². The Kier molecular flexibility index (Phi) is 5.85. The summed E-state index contributed by atoms with van der Waals surface area (Å²) in [5.74, 6) is 0.0876. The van der Waals surface area contributed by atoms with Gasteiger partial charge in [-0.2, -0.15) is 0 Å². The Balaban J connectivity index is 1.33. The zero-order valence-electron chi connectivity index (χ0n) is 18.2. The van der Waals surface area contributed by atoms with E-state index in [-0.39, 0.29) is 23.5 Å². The van der Waals surface area contributed by atoms with Crippen molar-refractivity contribution in [1.29, 1.82) is 0 Å². The number of aliphatic hydroxyl groups is 1. The van der Waals surface area contributed by atoms with Crippen LogP contribution in [0.1, 0.15) is 37.8 Å². The standard InChI is InChI=1S/C25H32N2O3/c1-25(2,3)23(28)16-26-12-14-27(15-13-26)24(29)30-17-22-20-10-6-4-8-18(20)19-9-5-7-11-21(19)22/h4-11,22-23,28H,12-17H2,1-3H3. The van der Waals surface area contributed by atoms with Crippen LogP contribution in [0.3, 0.4) is 0 Å². The smallest absolute Gasteiger partial charge is 0.409 e. The van der Waals surface area contributed by atoms with Crippen molar-refractivity contribution in [2.75, 3.05) is 39.3 Å². The summed E-state index contributed by atoms with van der Waals surface area (Å²) in [6, 6.07) is 16.7. The number of aliphatic hydroxyl groups excluding tert-OH is 1. The number of ether oxygens (including phenoxy) is 1. The van der Waals surface area contributed by atoms with E-state index in [1.165, 1.54) is 22.3 Å². The molecule has 0 spiro atoms. The van der Waals surface area contributed by atoms with E-state index >= 15 is 0 Å². The third-order valence-corrected chi connectivity index (χ3v) is 6.40. The van der Waals surface area contributed by atoms with E-state index < -0.39 is 0 Å². The summed E-state index contributed by atoms with van der Waals surface area (Å²) < 4.78 is 5.77. The molecule has 1 fully saturated rings. The summed E-state index contributed by atoms with van der Waals surface area (Å²) in [5.41, 5.74) is 4.80. The highest BCUT2D eigenvalue weighted by Crippen LogP contribution is 2.44. The maximum atomic E-state index is 12.7. The van der Waals surface area contributed by atoms with Crippen LogP contribution in [0.25, 0.3) is 11.1 Å². The van der Waals surface area contributed by atoms with Gasteiger partial charge in [-0.3, -0.25) is 4.90 Å². The summed E-state index contributed by atoms with van der Waals surface area (Å²) in [6.07, 6.45) is -0.619. The molecule has 1 amide bonds. The predicted molar refractivity (Wildman–Crippen MR) is 119 cm³/mol. The highest BCUT2D eigenvalue weighted by molar-refractivity contribution is 5.79. The summed E-state index contributed by atoms with van der Waals surface area (Å²) >= 11 is 0. The van der Waals surface area contributed by atoms with Gasteiger partial charge >= 0.3 is 6.09 Å². The molecular weight excluding hydrogens is 376 g/mol. The van der Waals surface area contributed by atoms with Gasteiger partial charge in [-0.05, 0) is 27.7 Å². The van der Waals surface area contributed by atoms with E-state index in [0.29, 0.717) is 26.2 Å². The van der Waals surface area contributed by atoms with Gasteiger partial charge in [0.1, 0.15) is 6.61 Å². The summed E-state index contributed by atoms with van der Waals surface area (Å²) in [4.78, 5) is 16.7. The van der Waals surface area contributed by atoms with Crippen molar-refractivity contribution in [3.63, 3.8) is 0 Å². The molecule has 1 N–H and O–H groups in total. The molecule has 0 bridgehead atoms. The number of hydrogen-bond acceptors (Lipinski definition) is 4. The molecule has 1 saturated heterocycles. The van der Waals surface area contributed by atoms with Crippen LogP contribution in [0, 0.1) is 5.41 Å². The molecule has 4 rings (SSSR count). The van der Waals surface area contributed by atoms with Crippen molar-refractivity contribution in [3.8, 4) is 11.1 Å². The van der Waals surface area contributed by atoms with Gasteiger partial charge in [-0.15, -0.1) is 0 Å². The molecule has 5 heteroatoms. The second kappa shape index (κ2) is 8.40. The first-order valence-corrected chi connectivity index (χ1v) is 10.8. The van der Waals surface area contributed by atoms with Crippen molar-refractivity contribution < 1.29 is 14.6 Å². The van der Waals surface area contributed by atoms with Gasteiger partial charge < -0.3 is 14.7 Å². The molecule has 0 aromatic heterocycles. The van der Waals surface area contributed by atoms with Gasteiger partial charge in [0.05, 0.1) is 6.10 Å². The molecule has 0 radical (unpaired) electrons. The van der Waals surface area contributed by atoms with Crippen LogP contribution < -0.4 is 0 Å². The first kappa shape index (κ1) is 20.9. The van der Waals surface area contributed by atoms with Gasteiger partial charge in [0.2, 0.25) is 0 Å². The number of fused-ring (bicyclic) bond motifs is 3. The molecule has 30 heavy (non-hydrogen) atoms. The van der Waals surface area contributed by atoms with E-state index in [1.807, 2.05) is 32.9 Å². The first-order valence-electron chi connectivity index (χ1n) is 10.8. The number of benzene rings is 2. The largest absolute Gasteiger partial charge is 0.448 e. The average molecular weight is 409 g/mol. The van der Waals surface area contributed by atoms with Crippen molar-refractivity contribution in [3.05, 3.63) is 59.7 Å². The lowest BCUT2D eigenvalue weighted by Gasteiger charge is -2.37. The van der Waals surface area contributed by atoms with Crippen LogP contribution in [0.15, 0.2) is 48.5 Å². The molecular formula is C25H32N2O3. The van der Waals surface area contributed by atoms with E-state index in [9.17, 15) is 9.90 Å². The molecule has 0 saturated carbocycles. The first-order chi connectivity index (χ1) is 14.3. The zero-order chi connectivity index (χ0) is 21.3. The quantitative estimate of drug-likeness (QED) is 0.832. The molecule has 1 unspecified atom stereocenters. The Morgan fingerprint density at radius 1 is 1.00 bits per heavy atom. The number of hydrogen-bond donors (Lipinski definition) is 1. The lowest BCUT2D eigenvalue weighted by atomic mass is 9.89. The third kappa shape index (κ3) is 4.23. The van der Waals surface area contributed by atoms with E-state index in [0.717, 1.165) is 13.1 Å². The Bertz CT molecular complexity index is 852. The van der Waals surface area contributed by atoms with Gasteiger partial charge in [-0.25, -0.2) is 4.79 Å². The van der Waals surface area contributed by atoms with Gasteiger partial charge in [-0.1, -0.05) is 69.3 Å². The van der Waals surface area contributed by atoms with E-state index in [1.54, 1.807) is 4.90 Å². The van der Waals surface area contributed by atoms with Crippen molar-refractivity contribution in [1.82, 2.24) is 9.80 Å².